The molecule has 13 nitrogen and oxygen atoms in total. The molecule has 0 radical (unpaired) electrons. The van der Waals surface area contributed by atoms with Crippen LogP contribution in [0.15, 0.2) is 52.2 Å². The largest absolute Gasteiger partial charge is 0.494 e. The standard InChI is InChI=1S/C22H20N8O5/c1-2-9-32-15-6-3-13(4-7-15)11-24-26-22(31)18-19(14-5-8-16-17(10-14)34-12-33-16)30(29-25-18)21-20(23)27-35-28-21/h3-8,10-11H,2,9,12H2,1H3,(H2,23,27)(H,26,31)/b24-11+. The first-order chi connectivity index (χ1) is 17.1. The maximum absolute atomic E-state index is 13.0. The summed E-state index contributed by atoms with van der Waals surface area (Å²) < 4.78 is 22.3. The molecule has 2 aromatic heterocycles. The predicted octanol–water partition coefficient (Wildman–Crippen LogP) is 2.18. The molecule has 0 fully saturated rings. The molecular formula is C22H20N8O5. The van der Waals surface area contributed by atoms with Crippen LogP contribution in [0.25, 0.3) is 17.1 Å². The first kappa shape index (κ1) is 21.9. The van der Waals surface area contributed by atoms with Gasteiger partial charge in [0.1, 0.15) is 11.4 Å². The second-order valence-corrected chi connectivity index (χ2v) is 7.36. The van der Waals surface area contributed by atoms with Crippen LogP contribution < -0.4 is 25.4 Å². The summed E-state index contributed by atoms with van der Waals surface area (Å²) in [5.41, 5.74) is 9.91. The number of nitrogens with one attached hydrogen (secondary N) is 1. The summed E-state index contributed by atoms with van der Waals surface area (Å²) in [4.78, 5) is 13.0. The molecule has 0 spiro atoms. The summed E-state index contributed by atoms with van der Waals surface area (Å²) in [5.74, 6) is 1.32. The number of hydrogen-bond donors (Lipinski definition) is 2. The van der Waals surface area contributed by atoms with Gasteiger partial charge in [0.2, 0.25) is 18.4 Å². The van der Waals surface area contributed by atoms with Crippen molar-refractivity contribution in [2.75, 3.05) is 19.1 Å². The van der Waals surface area contributed by atoms with Gasteiger partial charge in [-0.15, -0.1) is 5.10 Å². The van der Waals surface area contributed by atoms with Crippen molar-refractivity contribution in [1.29, 1.82) is 0 Å². The van der Waals surface area contributed by atoms with Crippen LogP contribution >= 0.6 is 0 Å². The van der Waals surface area contributed by atoms with Crippen LogP contribution in [0, 0.1) is 0 Å². The zero-order valence-corrected chi connectivity index (χ0v) is 18.5. The number of fused-ring (bicyclic) bond motifs is 1. The number of amides is 1. The quantitative estimate of drug-likeness (QED) is 0.284. The third-order valence-corrected chi connectivity index (χ3v) is 4.96. The number of hydrogen-bond acceptors (Lipinski definition) is 11. The molecule has 178 valence electrons. The number of carbonyl (C=O) groups is 1. The summed E-state index contributed by atoms with van der Waals surface area (Å²) in [6.07, 6.45) is 2.43. The van der Waals surface area contributed by atoms with Gasteiger partial charge >= 0.3 is 0 Å². The van der Waals surface area contributed by atoms with Crippen LogP contribution in [-0.4, -0.2) is 50.8 Å². The minimum absolute atomic E-state index is 0.0202. The molecule has 0 atom stereocenters. The second-order valence-electron chi connectivity index (χ2n) is 7.36. The fourth-order valence-corrected chi connectivity index (χ4v) is 3.31. The lowest BCUT2D eigenvalue weighted by molar-refractivity contribution is 0.0950. The van der Waals surface area contributed by atoms with Crippen molar-refractivity contribution in [2.45, 2.75) is 13.3 Å². The van der Waals surface area contributed by atoms with Gasteiger partial charge < -0.3 is 19.9 Å². The lowest BCUT2D eigenvalue weighted by Gasteiger charge is -2.07. The van der Waals surface area contributed by atoms with Crippen LogP contribution in [0.5, 0.6) is 17.2 Å². The number of rotatable bonds is 8. The highest BCUT2D eigenvalue weighted by atomic mass is 16.7. The van der Waals surface area contributed by atoms with Gasteiger partial charge in [0.15, 0.2) is 17.2 Å². The van der Waals surface area contributed by atoms with Gasteiger partial charge in [-0.25, -0.2) is 10.1 Å². The van der Waals surface area contributed by atoms with Gasteiger partial charge in [-0.1, -0.05) is 12.1 Å². The minimum Gasteiger partial charge on any atom is -0.494 e. The fraction of sp³-hybridized carbons (Fsp3) is 0.182. The Morgan fingerprint density at radius 1 is 1.20 bits per heavy atom. The van der Waals surface area contributed by atoms with Gasteiger partial charge in [-0.2, -0.15) is 9.78 Å². The summed E-state index contributed by atoms with van der Waals surface area (Å²) >= 11 is 0. The molecule has 2 aromatic carbocycles. The van der Waals surface area contributed by atoms with E-state index >= 15 is 0 Å². The van der Waals surface area contributed by atoms with Gasteiger partial charge in [0.25, 0.3) is 5.91 Å². The Bertz CT molecular complexity index is 1380. The lowest BCUT2D eigenvalue weighted by atomic mass is 10.1. The minimum atomic E-state index is -0.599. The molecule has 13 heteroatoms. The number of ether oxygens (including phenoxy) is 3. The third-order valence-electron chi connectivity index (χ3n) is 4.96. The van der Waals surface area contributed by atoms with Crippen LogP contribution in [-0.2, 0) is 0 Å². The SMILES string of the molecule is CCCOc1ccc(/C=N/NC(=O)c2nnn(-c3nonc3N)c2-c2ccc3c(c2)OCO3)cc1. The Morgan fingerprint density at radius 2 is 2.03 bits per heavy atom. The van der Waals surface area contributed by atoms with Crippen molar-refractivity contribution in [3.63, 3.8) is 0 Å². The Morgan fingerprint density at radius 3 is 2.80 bits per heavy atom. The van der Waals surface area contributed by atoms with Crippen molar-refractivity contribution in [2.24, 2.45) is 5.10 Å². The highest BCUT2D eigenvalue weighted by molar-refractivity contribution is 5.99. The Labute approximate surface area is 198 Å². The number of hydrazone groups is 1. The molecular weight excluding hydrogens is 456 g/mol. The highest BCUT2D eigenvalue weighted by Gasteiger charge is 2.26. The molecule has 0 saturated heterocycles. The summed E-state index contributed by atoms with van der Waals surface area (Å²) in [7, 11) is 0. The fourth-order valence-electron chi connectivity index (χ4n) is 3.31. The van der Waals surface area contributed by atoms with E-state index in [2.05, 4.69) is 35.8 Å². The number of anilines is 1. The third kappa shape index (κ3) is 4.46. The van der Waals surface area contributed by atoms with Crippen LogP contribution in [0.1, 0.15) is 29.4 Å². The summed E-state index contributed by atoms with van der Waals surface area (Å²) in [6.45, 7) is 2.79. The van der Waals surface area contributed by atoms with E-state index in [1.54, 1.807) is 18.2 Å². The number of benzene rings is 2. The molecule has 0 unspecified atom stereocenters. The molecule has 35 heavy (non-hydrogen) atoms. The monoisotopic (exact) mass is 476 g/mol. The maximum Gasteiger partial charge on any atom is 0.294 e. The first-order valence-electron chi connectivity index (χ1n) is 10.6. The topological polar surface area (TPSA) is 165 Å². The lowest BCUT2D eigenvalue weighted by Crippen LogP contribution is -2.19. The number of carbonyl (C=O) groups excluding carboxylic acids is 1. The summed E-state index contributed by atoms with van der Waals surface area (Å²) in [6, 6.07) is 12.5. The molecule has 1 aliphatic heterocycles. The van der Waals surface area contributed by atoms with Crippen molar-refractivity contribution in [3.05, 3.63) is 53.7 Å². The Hall–Kier alpha value is -4.94. The van der Waals surface area contributed by atoms with E-state index in [-0.39, 0.29) is 29.8 Å². The van der Waals surface area contributed by atoms with Gasteiger partial charge in [0.05, 0.1) is 12.8 Å². The number of nitrogens with two attached hydrogens (primary N) is 1. The highest BCUT2D eigenvalue weighted by Crippen LogP contribution is 2.37. The van der Waals surface area contributed by atoms with Crippen molar-refractivity contribution in [3.8, 4) is 34.3 Å². The summed E-state index contributed by atoms with van der Waals surface area (Å²) in [5, 5.41) is 19.4. The van der Waals surface area contributed by atoms with E-state index in [1.807, 2.05) is 31.2 Å². The second kappa shape index (κ2) is 9.51. The van der Waals surface area contributed by atoms with Crippen LogP contribution in [0.3, 0.4) is 0 Å². The van der Waals surface area contributed by atoms with Gasteiger partial charge in [-0.05, 0) is 64.8 Å². The van der Waals surface area contributed by atoms with Gasteiger partial charge in [0, 0.05) is 5.56 Å². The molecule has 1 aliphatic rings. The average molecular weight is 476 g/mol. The molecule has 4 aromatic rings. The van der Waals surface area contributed by atoms with E-state index in [4.69, 9.17) is 19.9 Å². The Balaban J connectivity index is 1.41. The molecule has 3 N–H and O–H groups in total. The molecule has 0 bridgehead atoms. The van der Waals surface area contributed by atoms with E-state index in [0.717, 1.165) is 17.7 Å². The average Bonchev–Trinajstić information content (AvgIpc) is 3.62. The van der Waals surface area contributed by atoms with E-state index in [1.165, 1.54) is 10.9 Å². The van der Waals surface area contributed by atoms with Crippen molar-refractivity contribution < 1.29 is 23.6 Å². The van der Waals surface area contributed by atoms with E-state index < -0.39 is 5.91 Å². The van der Waals surface area contributed by atoms with E-state index in [9.17, 15) is 4.79 Å². The Kier molecular flexibility index (Phi) is 5.94. The smallest absolute Gasteiger partial charge is 0.294 e. The van der Waals surface area contributed by atoms with Crippen LogP contribution in [0.2, 0.25) is 0 Å². The van der Waals surface area contributed by atoms with Crippen LogP contribution in [0.4, 0.5) is 5.82 Å². The molecule has 0 saturated carbocycles. The number of aromatic nitrogens is 5. The predicted molar refractivity (Wildman–Crippen MR) is 122 cm³/mol. The number of nitrogen functional groups attached to an aromatic ring is 1. The first-order valence-corrected chi connectivity index (χ1v) is 10.6. The molecule has 5 rings (SSSR count). The molecule has 3 heterocycles. The van der Waals surface area contributed by atoms with E-state index in [0.29, 0.717) is 23.7 Å². The zero-order valence-electron chi connectivity index (χ0n) is 18.5. The maximum atomic E-state index is 13.0. The van der Waals surface area contributed by atoms with Crippen molar-refractivity contribution >= 4 is 17.9 Å². The molecule has 1 amide bonds. The molecule has 0 aliphatic carbocycles. The van der Waals surface area contributed by atoms with Crippen molar-refractivity contribution in [1.82, 2.24) is 30.7 Å². The van der Waals surface area contributed by atoms with Gasteiger partial charge in [-0.3, -0.25) is 4.79 Å². The normalized spacial score (nSPS) is 12.3. The number of nitrogens with zero attached hydrogens (tertiary/aromatic N) is 6. The zero-order chi connectivity index (χ0) is 24.2.